The molecule has 1 aromatic carbocycles. The molecule has 11 nitrogen and oxygen atoms in total. The Bertz CT molecular complexity index is 1140. The van der Waals surface area contributed by atoms with Crippen molar-refractivity contribution in [2.75, 3.05) is 17.8 Å². The minimum absolute atomic E-state index is 0.00674. The number of imidazole rings is 1. The minimum atomic E-state index is -4.43. The van der Waals surface area contributed by atoms with Crippen LogP contribution >= 0.6 is 0 Å². The number of nitrogens with two attached hydrogens (primary N) is 1. The van der Waals surface area contributed by atoms with Crippen molar-refractivity contribution in [3.8, 4) is 0 Å². The van der Waals surface area contributed by atoms with Gasteiger partial charge in [-0.05, 0) is 17.7 Å². The number of benzene rings is 1. The molecule has 32 heavy (non-hydrogen) atoms. The van der Waals surface area contributed by atoms with Crippen molar-refractivity contribution in [2.24, 2.45) is 5.10 Å². The van der Waals surface area contributed by atoms with E-state index in [1.54, 1.807) is 0 Å². The van der Waals surface area contributed by atoms with E-state index in [2.05, 4.69) is 25.5 Å². The fourth-order valence-electron chi connectivity index (χ4n) is 3.21. The van der Waals surface area contributed by atoms with E-state index in [-0.39, 0.29) is 22.9 Å². The Morgan fingerprint density at radius 1 is 1.19 bits per heavy atom. The van der Waals surface area contributed by atoms with Crippen molar-refractivity contribution >= 4 is 29.1 Å². The molecule has 2 aromatic heterocycles. The number of aromatic nitrogens is 4. The summed E-state index contributed by atoms with van der Waals surface area (Å²) in [6, 6.07) is 4.37. The standard InChI is InChI=1S/C18H18F3N7O4/c19-18(20,21)9-3-1-8(2-4-9)5-24-27-17-25-14(22)11-15(26-17)28(7-23-11)16-13(31)12(30)10(6-29)32-16/h1-5,7,10,12-13,16,29-31H,6H2,(H3,22,25,26,27)/b24-5+/t10-,12-,13-,16-/m1/s1. The maximum atomic E-state index is 12.6. The van der Waals surface area contributed by atoms with Crippen molar-refractivity contribution in [3.63, 3.8) is 0 Å². The number of ether oxygens (including phenoxy) is 1. The summed E-state index contributed by atoms with van der Waals surface area (Å²) in [5, 5.41) is 33.4. The van der Waals surface area contributed by atoms with Gasteiger partial charge in [0.25, 0.3) is 0 Å². The number of halogens is 3. The van der Waals surface area contributed by atoms with Gasteiger partial charge in [0.05, 0.1) is 24.7 Å². The molecule has 1 aliphatic heterocycles. The lowest BCUT2D eigenvalue weighted by molar-refractivity contribution is -0.137. The van der Waals surface area contributed by atoms with Crippen LogP contribution in [0.5, 0.6) is 0 Å². The zero-order chi connectivity index (χ0) is 23.0. The second-order valence-electron chi connectivity index (χ2n) is 6.98. The Balaban J connectivity index is 1.55. The average molecular weight is 453 g/mol. The third-order valence-corrected chi connectivity index (χ3v) is 4.86. The molecular formula is C18H18F3N7O4. The van der Waals surface area contributed by atoms with Gasteiger partial charge in [0.15, 0.2) is 17.7 Å². The molecule has 0 unspecified atom stereocenters. The Morgan fingerprint density at radius 3 is 2.53 bits per heavy atom. The van der Waals surface area contributed by atoms with Crippen LogP contribution in [0, 0.1) is 0 Å². The van der Waals surface area contributed by atoms with Crippen LogP contribution < -0.4 is 11.2 Å². The molecule has 14 heteroatoms. The third kappa shape index (κ3) is 4.08. The summed E-state index contributed by atoms with van der Waals surface area (Å²) in [5.74, 6) is -0.0561. The molecule has 4 atom stereocenters. The monoisotopic (exact) mass is 453 g/mol. The Morgan fingerprint density at radius 2 is 1.91 bits per heavy atom. The van der Waals surface area contributed by atoms with Gasteiger partial charge < -0.3 is 25.8 Å². The van der Waals surface area contributed by atoms with Crippen LogP contribution in [0.4, 0.5) is 24.9 Å². The molecule has 1 fully saturated rings. The molecule has 3 aromatic rings. The maximum Gasteiger partial charge on any atom is 0.416 e. The molecule has 1 aliphatic rings. The number of hydrogen-bond acceptors (Lipinski definition) is 10. The summed E-state index contributed by atoms with van der Waals surface area (Å²) in [7, 11) is 0. The normalized spacial score (nSPS) is 23.9. The third-order valence-electron chi connectivity index (χ3n) is 4.86. The molecule has 0 radical (unpaired) electrons. The number of nitrogens with one attached hydrogen (secondary N) is 1. The lowest BCUT2D eigenvalue weighted by Gasteiger charge is -2.16. The number of aliphatic hydroxyl groups excluding tert-OH is 3. The first-order chi connectivity index (χ1) is 15.2. The lowest BCUT2D eigenvalue weighted by atomic mass is 10.1. The second-order valence-corrected chi connectivity index (χ2v) is 6.98. The van der Waals surface area contributed by atoms with Crippen LogP contribution in [0.2, 0.25) is 0 Å². The van der Waals surface area contributed by atoms with E-state index in [9.17, 15) is 28.5 Å². The number of nitrogens with zero attached hydrogens (tertiary/aromatic N) is 5. The van der Waals surface area contributed by atoms with Gasteiger partial charge in [-0.1, -0.05) is 12.1 Å². The topological polar surface area (TPSA) is 164 Å². The highest BCUT2D eigenvalue weighted by Crippen LogP contribution is 2.32. The van der Waals surface area contributed by atoms with Gasteiger partial charge in [-0.3, -0.25) is 4.57 Å². The zero-order valence-corrected chi connectivity index (χ0v) is 16.2. The summed E-state index contributed by atoms with van der Waals surface area (Å²) in [6.07, 6.45) is -6.59. The summed E-state index contributed by atoms with van der Waals surface area (Å²) in [6.45, 7) is -0.496. The van der Waals surface area contributed by atoms with Crippen molar-refractivity contribution in [2.45, 2.75) is 30.7 Å². The number of hydrazone groups is 1. The highest BCUT2D eigenvalue weighted by Gasteiger charge is 2.44. The van der Waals surface area contributed by atoms with Crippen LogP contribution in [0.25, 0.3) is 11.2 Å². The first kappa shape index (κ1) is 21.9. The summed E-state index contributed by atoms with van der Waals surface area (Å²) in [5.41, 5.74) is 8.43. The zero-order valence-electron chi connectivity index (χ0n) is 16.2. The van der Waals surface area contributed by atoms with Crippen LogP contribution in [0.1, 0.15) is 17.4 Å². The van der Waals surface area contributed by atoms with E-state index in [0.29, 0.717) is 5.56 Å². The van der Waals surface area contributed by atoms with Gasteiger partial charge in [-0.25, -0.2) is 10.4 Å². The molecule has 0 spiro atoms. The molecule has 4 rings (SSSR count). The van der Waals surface area contributed by atoms with Gasteiger partial charge in [0.2, 0.25) is 5.95 Å². The van der Waals surface area contributed by atoms with Crippen molar-refractivity contribution < 1.29 is 33.2 Å². The van der Waals surface area contributed by atoms with Gasteiger partial charge in [0.1, 0.15) is 23.8 Å². The molecule has 3 heterocycles. The quantitative estimate of drug-likeness (QED) is 0.273. The van der Waals surface area contributed by atoms with Crippen LogP contribution in [0.15, 0.2) is 35.7 Å². The first-order valence-electron chi connectivity index (χ1n) is 9.28. The van der Waals surface area contributed by atoms with Gasteiger partial charge >= 0.3 is 6.18 Å². The van der Waals surface area contributed by atoms with Crippen molar-refractivity contribution in [3.05, 3.63) is 41.7 Å². The van der Waals surface area contributed by atoms with Crippen molar-refractivity contribution in [1.82, 2.24) is 19.5 Å². The number of rotatable bonds is 5. The summed E-state index contributed by atoms with van der Waals surface area (Å²) < 4.78 is 44.7. The molecule has 1 saturated heterocycles. The van der Waals surface area contributed by atoms with E-state index < -0.39 is 42.9 Å². The molecule has 170 valence electrons. The fraction of sp³-hybridized carbons (Fsp3) is 0.333. The van der Waals surface area contributed by atoms with Gasteiger partial charge in [-0.2, -0.15) is 28.2 Å². The molecule has 6 N–H and O–H groups in total. The van der Waals surface area contributed by atoms with E-state index in [0.717, 1.165) is 12.1 Å². The van der Waals surface area contributed by atoms with Crippen molar-refractivity contribution in [1.29, 1.82) is 0 Å². The molecule has 0 aliphatic carbocycles. The van der Waals surface area contributed by atoms with E-state index in [1.807, 2.05) is 0 Å². The number of fused-ring (bicyclic) bond motifs is 1. The van der Waals surface area contributed by atoms with Gasteiger partial charge in [0, 0.05) is 0 Å². The smallest absolute Gasteiger partial charge is 0.394 e. The Kier molecular flexibility index (Phi) is 5.68. The minimum Gasteiger partial charge on any atom is -0.394 e. The van der Waals surface area contributed by atoms with Crippen LogP contribution in [-0.2, 0) is 10.9 Å². The fourth-order valence-corrected chi connectivity index (χ4v) is 3.21. The Hall–Kier alpha value is -3.33. The number of nitrogen functional groups attached to an aromatic ring is 1. The second kappa shape index (κ2) is 8.31. The number of alkyl halides is 3. The van der Waals surface area contributed by atoms with Gasteiger partial charge in [-0.15, -0.1) is 0 Å². The predicted octanol–water partition coefficient (Wildman–Crippen LogP) is 0.485. The molecule has 0 bridgehead atoms. The summed E-state index contributed by atoms with van der Waals surface area (Å²) >= 11 is 0. The summed E-state index contributed by atoms with van der Waals surface area (Å²) in [4.78, 5) is 12.3. The van der Waals surface area contributed by atoms with E-state index in [4.69, 9.17) is 10.5 Å². The van der Waals surface area contributed by atoms with E-state index >= 15 is 0 Å². The largest absolute Gasteiger partial charge is 0.416 e. The highest BCUT2D eigenvalue weighted by molar-refractivity contribution is 5.83. The molecular weight excluding hydrogens is 435 g/mol. The van der Waals surface area contributed by atoms with Crippen LogP contribution in [0.3, 0.4) is 0 Å². The average Bonchev–Trinajstić information content (AvgIpc) is 3.29. The highest BCUT2D eigenvalue weighted by atomic mass is 19.4. The predicted molar refractivity (Wildman–Crippen MR) is 105 cm³/mol. The number of anilines is 2. The maximum absolute atomic E-state index is 12.6. The molecule has 0 amide bonds. The van der Waals surface area contributed by atoms with E-state index in [1.165, 1.54) is 29.2 Å². The lowest BCUT2D eigenvalue weighted by Crippen LogP contribution is -2.33. The molecule has 0 saturated carbocycles. The SMILES string of the molecule is Nc1nc(N/N=C/c2ccc(C(F)(F)F)cc2)nc2c1ncn2[C@@H]1O[C@H](CO)[C@@H](O)[C@H]1O. The number of hydrogen-bond donors (Lipinski definition) is 5. The number of aliphatic hydroxyl groups is 3. The Labute approximate surface area is 178 Å². The first-order valence-corrected chi connectivity index (χ1v) is 9.28. The van der Waals surface area contributed by atoms with Crippen LogP contribution in [-0.4, -0.2) is 66.0 Å².